The van der Waals surface area contributed by atoms with Gasteiger partial charge in [0.15, 0.2) is 0 Å². The van der Waals surface area contributed by atoms with E-state index in [1.807, 2.05) is 36.4 Å². The van der Waals surface area contributed by atoms with Gasteiger partial charge in [-0.3, -0.25) is 9.59 Å². The second-order valence-electron chi connectivity index (χ2n) is 10.1. The summed E-state index contributed by atoms with van der Waals surface area (Å²) in [6.07, 6.45) is 7.78. The van der Waals surface area contributed by atoms with Gasteiger partial charge in [0.2, 0.25) is 11.8 Å². The number of ether oxygens (including phenoxy) is 1. The SMILES string of the molecule is C#Cc1ccccc1C(C(=O)NCCCCC)N(CC#N)C(=O)C(Cc1ccccc1)NC(=O)OC(C)(C)C. The molecule has 0 saturated carbocycles. The van der Waals surface area contributed by atoms with Gasteiger partial charge in [-0.1, -0.05) is 74.2 Å². The molecule has 2 aromatic carbocycles. The van der Waals surface area contributed by atoms with Gasteiger partial charge in [-0.25, -0.2) is 4.79 Å². The largest absolute Gasteiger partial charge is 0.444 e. The molecule has 0 radical (unpaired) electrons. The molecule has 39 heavy (non-hydrogen) atoms. The summed E-state index contributed by atoms with van der Waals surface area (Å²) in [6.45, 7) is 7.24. The zero-order valence-corrected chi connectivity index (χ0v) is 23.2. The normalized spacial score (nSPS) is 12.3. The third-order valence-electron chi connectivity index (χ3n) is 5.85. The predicted octanol–water partition coefficient (Wildman–Crippen LogP) is 4.50. The van der Waals surface area contributed by atoms with E-state index in [9.17, 15) is 19.6 Å². The maximum atomic E-state index is 14.1. The average molecular weight is 531 g/mol. The Kier molecular flexibility index (Phi) is 12.0. The van der Waals surface area contributed by atoms with Gasteiger partial charge in [0.05, 0.1) is 6.07 Å². The number of hydrogen-bond acceptors (Lipinski definition) is 5. The Hall–Kier alpha value is -4.30. The van der Waals surface area contributed by atoms with Crippen molar-refractivity contribution in [1.82, 2.24) is 15.5 Å². The van der Waals surface area contributed by atoms with Gasteiger partial charge in [0.25, 0.3) is 0 Å². The summed E-state index contributed by atoms with van der Waals surface area (Å²) in [5, 5.41) is 15.3. The molecule has 2 aromatic rings. The lowest BCUT2D eigenvalue weighted by Gasteiger charge is -2.33. The Labute approximate surface area is 231 Å². The maximum Gasteiger partial charge on any atom is 0.408 e. The summed E-state index contributed by atoms with van der Waals surface area (Å²) in [5.74, 6) is 1.52. The van der Waals surface area contributed by atoms with Crippen molar-refractivity contribution in [1.29, 1.82) is 5.26 Å². The molecule has 0 aliphatic heterocycles. The number of alkyl carbamates (subject to hydrolysis) is 1. The topological polar surface area (TPSA) is 112 Å². The molecule has 2 N–H and O–H groups in total. The number of benzene rings is 2. The van der Waals surface area contributed by atoms with Crippen molar-refractivity contribution in [2.45, 2.75) is 71.1 Å². The van der Waals surface area contributed by atoms with Crippen LogP contribution in [0.4, 0.5) is 4.79 Å². The predicted molar refractivity (Wildman–Crippen MR) is 150 cm³/mol. The fourth-order valence-electron chi connectivity index (χ4n) is 4.07. The van der Waals surface area contributed by atoms with Crippen molar-refractivity contribution < 1.29 is 19.1 Å². The van der Waals surface area contributed by atoms with Crippen LogP contribution < -0.4 is 10.6 Å². The monoisotopic (exact) mass is 530 g/mol. The van der Waals surface area contributed by atoms with Crippen molar-refractivity contribution in [3.05, 3.63) is 71.3 Å². The molecule has 8 nitrogen and oxygen atoms in total. The van der Waals surface area contributed by atoms with Crippen LogP contribution in [0.3, 0.4) is 0 Å². The molecule has 0 bridgehead atoms. The van der Waals surface area contributed by atoms with Crippen LogP contribution in [-0.4, -0.2) is 47.5 Å². The van der Waals surface area contributed by atoms with E-state index in [0.29, 0.717) is 17.7 Å². The number of nitriles is 1. The van der Waals surface area contributed by atoms with E-state index in [4.69, 9.17) is 11.2 Å². The number of carbonyl (C=O) groups is 3. The zero-order valence-electron chi connectivity index (χ0n) is 23.2. The number of terminal acetylenes is 1. The van der Waals surface area contributed by atoms with Crippen molar-refractivity contribution in [3.63, 3.8) is 0 Å². The fraction of sp³-hybridized carbons (Fsp3) is 0.419. The lowest BCUT2D eigenvalue weighted by Crippen LogP contribution is -2.54. The molecule has 2 rings (SSSR count). The third kappa shape index (κ3) is 9.83. The lowest BCUT2D eigenvalue weighted by atomic mass is 9.96. The lowest BCUT2D eigenvalue weighted by molar-refractivity contribution is -0.141. The third-order valence-corrected chi connectivity index (χ3v) is 5.85. The van der Waals surface area contributed by atoms with E-state index in [0.717, 1.165) is 24.8 Å². The number of unbranched alkanes of at least 4 members (excludes halogenated alkanes) is 2. The Morgan fingerprint density at radius 1 is 1.05 bits per heavy atom. The summed E-state index contributed by atoms with van der Waals surface area (Å²) < 4.78 is 5.41. The van der Waals surface area contributed by atoms with Gasteiger partial charge in [0, 0.05) is 18.5 Å². The minimum Gasteiger partial charge on any atom is -0.444 e. The molecule has 0 saturated heterocycles. The highest BCUT2D eigenvalue weighted by Crippen LogP contribution is 2.26. The Bertz CT molecular complexity index is 1190. The van der Waals surface area contributed by atoms with E-state index in [1.165, 1.54) is 4.90 Å². The van der Waals surface area contributed by atoms with E-state index in [1.54, 1.807) is 45.0 Å². The first kappa shape index (κ1) is 30.9. The van der Waals surface area contributed by atoms with Crippen molar-refractivity contribution in [2.75, 3.05) is 13.1 Å². The number of rotatable bonds is 12. The van der Waals surface area contributed by atoms with Crippen LogP contribution in [0.15, 0.2) is 54.6 Å². The summed E-state index contributed by atoms with van der Waals surface area (Å²) in [4.78, 5) is 41.6. The highest BCUT2D eigenvalue weighted by atomic mass is 16.6. The molecule has 3 amide bonds. The number of carbonyl (C=O) groups excluding carboxylic acids is 3. The van der Waals surface area contributed by atoms with E-state index in [-0.39, 0.29) is 6.42 Å². The minimum absolute atomic E-state index is 0.127. The minimum atomic E-state index is -1.18. The first-order valence-electron chi connectivity index (χ1n) is 13.1. The molecule has 0 spiro atoms. The van der Waals surface area contributed by atoms with Gasteiger partial charge in [-0.15, -0.1) is 6.42 Å². The van der Waals surface area contributed by atoms with Crippen LogP contribution in [0.5, 0.6) is 0 Å². The molecule has 2 atom stereocenters. The second-order valence-corrected chi connectivity index (χ2v) is 10.1. The van der Waals surface area contributed by atoms with Crippen LogP contribution in [0.2, 0.25) is 0 Å². The van der Waals surface area contributed by atoms with E-state index in [2.05, 4.69) is 23.5 Å². The first-order chi connectivity index (χ1) is 18.6. The molecular formula is C31H38N4O4. The summed E-state index contributed by atoms with van der Waals surface area (Å²) in [5.41, 5.74) is 0.853. The first-order valence-corrected chi connectivity index (χ1v) is 13.1. The maximum absolute atomic E-state index is 14.1. The summed E-state index contributed by atoms with van der Waals surface area (Å²) in [6, 6.07) is 15.7. The molecule has 0 aromatic heterocycles. The summed E-state index contributed by atoms with van der Waals surface area (Å²) in [7, 11) is 0. The average Bonchev–Trinajstić information content (AvgIpc) is 2.90. The highest BCUT2D eigenvalue weighted by Gasteiger charge is 2.37. The molecular weight excluding hydrogens is 492 g/mol. The van der Waals surface area contributed by atoms with Crippen molar-refractivity contribution in [3.8, 4) is 18.4 Å². The number of nitrogens with zero attached hydrogens (tertiary/aromatic N) is 2. The smallest absolute Gasteiger partial charge is 0.408 e. The van der Waals surface area contributed by atoms with Crippen molar-refractivity contribution in [2.24, 2.45) is 0 Å². The molecule has 0 fully saturated rings. The van der Waals surface area contributed by atoms with Crippen LogP contribution in [0.1, 0.15) is 69.7 Å². The molecule has 0 heterocycles. The molecule has 2 unspecified atom stereocenters. The molecule has 0 aliphatic carbocycles. The van der Waals surface area contributed by atoms with Crippen LogP contribution in [-0.2, 0) is 20.7 Å². The van der Waals surface area contributed by atoms with E-state index < -0.39 is 42.1 Å². The van der Waals surface area contributed by atoms with Crippen LogP contribution in [0.25, 0.3) is 0 Å². The number of hydrogen-bond donors (Lipinski definition) is 2. The number of amides is 3. The second kappa shape index (κ2) is 15.2. The Morgan fingerprint density at radius 2 is 1.72 bits per heavy atom. The standard InChI is InChI=1S/C31H38N4O4/c1-6-8-14-20-33-28(36)27(25-18-13-12-17-24(25)7-2)35(21-19-32)29(37)26(22-23-15-10-9-11-16-23)34-30(38)39-31(3,4)5/h2,9-13,15-18,26-27H,6,8,14,20-22H2,1,3-5H3,(H,33,36)(H,34,38). The van der Waals surface area contributed by atoms with E-state index >= 15 is 0 Å². The fourth-order valence-corrected chi connectivity index (χ4v) is 4.07. The Morgan fingerprint density at radius 3 is 2.33 bits per heavy atom. The zero-order chi connectivity index (χ0) is 28.8. The van der Waals surface area contributed by atoms with Crippen molar-refractivity contribution >= 4 is 17.9 Å². The van der Waals surface area contributed by atoms with Crippen LogP contribution >= 0.6 is 0 Å². The van der Waals surface area contributed by atoms with Gasteiger partial charge in [-0.2, -0.15) is 5.26 Å². The molecule has 8 heteroatoms. The number of nitrogens with one attached hydrogen (secondary N) is 2. The van der Waals surface area contributed by atoms with Crippen LogP contribution in [0, 0.1) is 23.7 Å². The van der Waals surface area contributed by atoms with Gasteiger partial charge in [-0.05, 0) is 44.4 Å². The Balaban J connectivity index is 2.52. The van der Waals surface area contributed by atoms with Gasteiger partial charge >= 0.3 is 6.09 Å². The highest BCUT2D eigenvalue weighted by molar-refractivity contribution is 5.92. The van der Waals surface area contributed by atoms with Gasteiger partial charge in [0.1, 0.15) is 24.2 Å². The van der Waals surface area contributed by atoms with Gasteiger partial charge < -0.3 is 20.3 Å². The quantitative estimate of drug-likeness (QED) is 0.238. The molecule has 0 aliphatic rings. The summed E-state index contributed by atoms with van der Waals surface area (Å²) >= 11 is 0. The molecule has 206 valence electrons.